The molecule has 118 valence electrons. The van der Waals surface area contributed by atoms with Gasteiger partial charge in [-0.1, -0.05) is 12.1 Å². The number of benzene rings is 1. The van der Waals surface area contributed by atoms with Crippen LogP contribution in [0.25, 0.3) is 0 Å². The minimum Gasteiger partial charge on any atom is -0.497 e. The fraction of sp³-hybridized carbons (Fsp3) is 0.375. The summed E-state index contributed by atoms with van der Waals surface area (Å²) in [5, 5.41) is 3.35. The summed E-state index contributed by atoms with van der Waals surface area (Å²) in [6.45, 7) is 2.44. The zero-order valence-electron chi connectivity index (χ0n) is 13.4. The number of hydrogen-bond acceptors (Lipinski definition) is 3. The van der Waals surface area contributed by atoms with Crippen molar-refractivity contribution in [1.29, 1.82) is 0 Å². The number of rotatable bonds is 6. The average Bonchev–Trinajstić information content (AvgIpc) is 3.05. The van der Waals surface area contributed by atoms with Gasteiger partial charge in [-0.3, -0.25) is 4.99 Å². The third-order valence-electron chi connectivity index (χ3n) is 3.36. The van der Waals surface area contributed by atoms with Crippen LogP contribution in [0.4, 0.5) is 0 Å². The number of aromatic nitrogens is 2. The molecule has 2 aromatic rings. The maximum Gasteiger partial charge on any atom is 0.193 e. The standard InChI is InChI=1S/C16H23N5O/c1-17-16(19-9-11-21-10-8-18-13-21)20(2)12-14-4-6-15(22-3)7-5-14/h4-8,10,13H,9,11-12H2,1-3H3,(H,17,19). The van der Waals surface area contributed by atoms with E-state index in [0.717, 1.165) is 31.3 Å². The van der Waals surface area contributed by atoms with Gasteiger partial charge in [0, 0.05) is 46.1 Å². The molecule has 0 radical (unpaired) electrons. The number of methoxy groups -OCH3 is 1. The molecule has 2 rings (SSSR count). The first-order chi connectivity index (χ1) is 10.7. The van der Waals surface area contributed by atoms with Gasteiger partial charge in [-0.15, -0.1) is 0 Å². The molecule has 1 aromatic heterocycles. The Bertz CT molecular complexity index is 577. The van der Waals surface area contributed by atoms with Crippen LogP contribution in [0, 0.1) is 0 Å². The molecule has 22 heavy (non-hydrogen) atoms. The van der Waals surface area contributed by atoms with Gasteiger partial charge in [0.25, 0.3) is 0 Å². The van der Waals surface area contributed by atoms with Crippen LogP contribution in [0.5, 0.6) is 5.75 Å². The Morgan fingerprint density at radius 1 is 1.36 bits per heavy atom. The normalized spacial score (nSPS) is 11.3. The van der Waals surface area contributed by atoms with Crippen LogP contribution in [-0.4, -0.2) is 48.2 Å². The van der Waals surface area contributed by atoms with Gasteiger partial charge < -0.3 is 19.5 Å². The summed E-state index contributed by atoms with van der Waals surface area (Å²) in [4.78, 5) is 10.4. The van der Waals surface area contributed by atoms with Crippen molar-refractivity contribution in [2.45, 2.75) is 13.1 Å². The van der Waals surface area contributed by atoms with Crippen molar-refractivity contribution in [3.05, 3.63) is 48.5 Å². The highest BCUT2D eigenvalue weighted by Crippen LogP contribution is 2.12. The Balaban J connectivity index is 1.83. The van der Waals surface area contributed by atoms with Gasteiger partial charge in [0.05, 0.1) is 13.4 Å². The van der Waals surface area contributed by atoms with Gasteiger partial charge in [-0.2, -0.15) is 0 Å². The van der Waals surface area contributed by atoms with Crippen molar-refractivity contribution in [1.82, 2.24) is 19.8 Å². The fourth-order valence-electron chi connectivity index (χ4n) is 2.18. The Hall–Kier alpha value is -2.50. The molecule has 0 aliphatic rings. The van der Waals surface area contributed by atoms with Crippen molar-refractivity contribution < 1.29 is 4.74 Å². The predicted molar refractivity (Wildman–Crippen MR) is 88.0 cm³/mol. The Morgan fingerprint density at radius 3 is 2.73 bits per heavy atom. The molecule has 1 N–H and O–H groups in total. The minimum absolute atomic E-state index is 0.786. The van der Waals surface area contributed by atoms with Crippen LogP contribution in [0.3, 0.4) is 0 Å². The lowest BCUT2D eigenvalue weighted by Gasteiger charge is -2.22. The van der Waals surface area contributed by atoms with Crippen molar-refractivity contribution in [2.24, 2.45) is 4.99 Å². The van der Waals surface area contributed by atoms with Crippen LogP contribution in [0.2, 0.25) is 0 Å². The molecule has 0 atom stereocenters. The van der Waals surface area contributed by atoms with E-state index >= 15 is 0 Å². The largest absolute Gasteiger partial charge is 0.497 e. The number of aliphatic imine (C=N–C) groups is 1. The number of imidazole rings is 1. The van der Waals surface area contributed by atoms with E-state index < -0.39 is 0 Å². The highest BCUT2D eigenvalue weighted by atomic mass is 16.5. The molecular formula is C16H23N5O. The molecule has 0 amide bonds. The molecule has 1 aromatic carbocycles. The summed E-state index contributed by atoms with van der Waals surface area (Å²) in [7, 11) is 5.49. The van der Waals surface area contributed by atoms with Crippen LogP contribution in [-0.2, 0) is 13.1 Å². The molecule has 0 unspecified atom stereocenters. The number of hydrogen-bond donors (Lipinski definition) is 1. The van der Waals surface area contributed by atoms with Gasteiger partial charge in [-0.05, 0) is 17.7 Å². The molecule has 0 spiro atoms. The van der Waals surface area contributed by atoms with Gasteiger partial charge >= 0.3 is 0 Å². The summed E-state index contributed by atoms with van der Waals surface area (Å²) in [5.41, 5.74) is 1.21. The van der Waals surface area contributed by atoms with E-state index in [4.69, 9.17) is 4.74 Å². The molecule has 0 aliphatic carbocycles. The third kappa shape index (κ3) is 4.51. The van der Waals surface area contributed by atoms with Gasteiger partial charge in [0.15, 0.2) is 5.96 Å². The second-order valence-electron chi connectivity index (χ2n) is 4.98. The molecule has 0 aliphatic heterocycles. The first-order valence-electron chi connectivity index (χ1n) is 7.23. The van der Waals surface area contributed by atoms with E-state index in [1.165, 1.54) is 5.56 Å². The smallest absolute Gasteiger partial charge is 0.193 e. The number of nitrogens with zero attached hydrogens (tertiary/aromatic N) is 4. The van der Waals surface area contributed by atoms with Crippen LogP contribution < -0.4 is 10.1 Å². The van der Waals surface area contributed by atoms with Crippen molar-refractivity contribution in [3.8, 4) is 5.75 Å². The zero-order chi connectivity index (χ0) is 15.8. The van der Waals surface area contributed by atoms with Crippen LogP contribution in [0.1, 0.15) is 5.56 Å². The summed E-state index contributed by atoms with van der Waals surface area (Å²) < 4.78 is 7.21. The van der Waals surface area contributed by atoms with Crippen LogP contribution >= 0.6 is 0 Å². The van der Waals surface area contributed by atoms with E-state index in [-0.39, 0.29) is 0 Å². The minimum atomic E-state index is 0.786. The molecule has 0 bridgehead atoms. The van der Waals surface area contributed by atoms with Crippen LogP contribution in [0.15, 0.2) is 48.0 Å². The summed E-state index contributed by atoms with van der Waals surface area (Å²) >= 11 is 0. The van der Waals surface area contributed by atoms with E-state index in [1.54, 1.807) is 20.4 Å². The first-order valence-corrected chi connectivity index (χ1v) is 7.23. The number of ether oxygens (including phenoxy) is 1. The highest BCUT2D eigenvalue weighted by molar-refractivity contribution is 5.79. The lowest BCUT2D eigenvalue weighted by Crippen LogP contribution is -2.39. The molecule has 0 saturated heterocycles. The first kappa shape index (κ1) is 15.9. The maximum absolute atomic E-state index is 5.17. The number of nitrogens with one attached hydrogen (secondary N) is 1. The Morgan fingerprint density at radius 2 is 2.14 bits per heavy atom. The van der Waals surface area contributed by atoms with E-state index in [2.05, 4.69) is 32.3 Å². The second kappa shape index (κ2) is 8.07. The second-order valence-corrected chi connectivity index (χ2v) is 4.98. The Labute approximate surface area is 131 Å². The third-order valence-corrected chi connectivity index (χ3v) is 3.36. The topological polar surface area (TPSA) is 54.7 Å². The summed E-state index contributed by atoms with van der Waals surface area (Å²) in [6.07, 6.45) is 5.54. The summed E-state index contributed by atoms with van der Waals surface area (Å²) in [6, 6.07) is 8.07. The van der Waals surface area contributed by atoms with E-state index in [0.29, 0.717) is 0 Å². The van der Waals surface area contributed by atoms with Gasteiger partial charge in [0.2, 0.25) is 0 Å². The van der Waals surface area contributed by atoms with Crippen molar-refractivity contribution in [3.63, 3.8) is 0 Å². The maximum atomic E-state index is 5.17. The fourth-order valence-corrected chi connectivity index (χ4v) is 2.18. The van der Waals surface area contributed by atoms with Gasteiger partial charge in [0.1, 0.15) is 5.75 Å². The quantitative estimate of drug-likeness (QED) is 0.650. The molecule has 0 saturated carbocycles. The lowest BCUT2D eigenvalue weighted by atomic mass is 10.2. The molecular weight excluding hydrogens is 278 g/mol. The lowest BCUT2D eigenvalue weighted by molar-refractivity contribution is 0.414. The van der Waals surface area contributed by atoms with Gasteiger partial charge in [-0.25, -0.2) is 4.98 Å². The zero-order valence-corrected chi connectivity index (χ0v) is 13.4. The average molecular weight is 301 g/mol. The highest BCUT2D eigenvalue weighted by Gasteiger charge is 2.06. The Kier molecular flexibility index (Phi) is 5.82. The van der Waals surface area contributed by atoms with E-state index in [1.807, 2.05) is 36.3 Å². The molecule has 0 fully saturated rings. The molecule has 6 heteroatoms. The van der Waals surface area contributed by atoms with E-state index in [9.17, 15) is 0 Å². The summed E-state index contributed by atoms with van der Waals surface area (Å²) in [5.74, 6) is 1.74. The molecule has 1 heterocycles. The predicted octanol–water partition coefficient (Wildman–Crippen LogP) is 1.60. The molecule has 6 nitrogen and oxygen atoms in total. The number of guanidine groups is 1. The van der Waals surface area contributed by atoms with Crippen molar-refractivity contribution >= 4 is 5.96 Å². The monoisotopic (exact) mass is 301 g/mol. The SMILES string of the molecule is CN=C(NCCn1ccnc1)N(C)Cc1ccc(OC)cc1. The van der Waals surface area contributed by atoms with Crippen molar-refractivity contribution in [2.75, 3.05) is 27.7 Å².